The van der Waals surface area contributed by atoms with Gasteiger partial charge in [0.1, 0.15) is 0 Å². The highest BCUT2D eigenvalue weighted by molar-refractivity contribution is 9.10. The van der Waals surface area contributed by atoms with Crippen LogP contribution < -0.4 is 0 Å². The van der Waals surface area contributed by atoms with E-state index in [1.54, 1.807) is 0 Å². The number of azide groups is 1. The summed E-state index contributed by atoms with van der Waals surface area (Å²) in [6, 6.07) is 7.86. The molecule has 0 heterocycles. The monoisotopic (exact) mass is 243 g/mol. The van der Waals surface area contributed by atoms with Crippen molar-refractivity contribution in [1.82, 2.24) is 0 Å². The van der Waals surface area contributed by atoms with Crippen molar-refractivity contribution in [2.75, 3.05) is 5.88 Å². The molecule has 0 spiro atoms. The highest BCUT2D eigenvalue weighted by atomic mass is 79.9. The summed E-state index contributed by atoms with van der Waals surface area (Å²) in [4.78, 5) is 3.77. The van der Waals surface area contributed by atoms with Crippen LogP contribution in [0.5, 0.6) is 0 Å². The van der Waals surface area contributed by atoms with Crippen LogP contribution in [0, 0.1) is 0 Å². The molecule has 0 saturated heterocycles. The molecule has 1 aromatic rings. The van der Waals surface area contributed by atoms with Crippen molar-refractivity contribution in [2.24, 2.45) is 5.11 Å². The van der Waals surface area contributed by atoms with Gasteiger partial charge in [0.2, 0.25) is 0 Å². The van der Waals surface area contributed by atoms with E-state index >= 15 is 0 Å². The van der Waals surface area contributed by atoms with Crippen molar-refractivity contribution >= 4 is 27.7 Å². The van der Waals surface area contributed by atoms with E-state index in [2.05, 4.69) is 26.0 Å². The Bertz CT molecular complexity index is 292. The second-order valence-corrected chi connectivity index (χ2v) is 3.89. The van der Waals surface area contributed by atoms with E-state index in [0.717, 1.165) is 9.37 Å². The largest absolute Gasteiger partial charge is 0.120 e. The molecule has 0 aromatic heterocycles. The van der Waals surface area contributed by atoms with Crippen molar-refractivity contribution in [3.8, 4) is 0 Å². The fourth-order valence-corrected chi connectivity index (χ4v) is 1.51. The predicted octanol–water partition coefficient (Wildman–Crippen LogP) is 3.81. The molecule has 0 saturated carbocycles. The summed E-state index contributed by atoms with van der Waals surface area (Å²) in [5, 5.41) is 3.42. The smallest absolute Gasteiger partial charge is 0.0768 e. The summed E-state index contributed by atoms with van der Waals surface area (Å²) in [7, 11) is 0. The number of rotatable bonds is 3. The molecule has 0 unspecified atom stereocenters. The summed E-state index contributed by atoms with van der Waals surface area (Å²) in [5.74, 6) is 0.443. The number of hydrogen-bond donors (Lipinski definition) is 0. The fraction of sp³-hybridized carbons (Fsp3) is 0.143. The third-order valence-electron chi connectivity index (χ3n) is 1.17. The fourth-order valence-electron chi connectivity index (χ4n) is 0.660. The van der Waals surface area contributed by atoms with Crippen LogP contribution in [0.3, 0.4) is 0 Å². The molecule has 0 amide bonds. The van der Waals surface area contributed by atoms with Crippen molar-refractivity contribution in [3.63, 3.8) is 0 Å². The zero-order valence-corrected chi connectivity index (χ0v) is 8.55. The van der Waals surface area contributed by atoms with Gasteiger partial charge < -0.3 is 0 Å². The average molecular weight is 244 g/mol. The van der Waals surface area contributed by atoms with E-state index in [1.165, 1.54) is 11.8 Å². The second kappa shape index (κ2) is 5.09. The Kier molecular flexibility index (Phi) is 4.00. The van der Waals surface area contributed by atoms with Crippen LogP contribution in [0.4, 0.5) is 0 Å². The lowest BCUT2D eigenvalue weighted by Gasteiger charge is -1.96. The molecule has 0 atom stereocenters. The van der Waals surface area contributed by atoms with Crippen LogP contribution >= 0.6 is 27.7 Å². The molecule has 0 aliphatic rings. The number of nitrogens with zero attached hydrogens (tertiary/aromatic N) is 3. The van der Waals surface area contributed by atoms with Gasteiger partial charge in [-0.1, -0.05) is 21.0 Å². The molecule has 3 nitrogen and oxygen atoms in total. The number of hydrogen-bond acceptors (Lipinski definition) is 2. The Morgan fingerprint density at radius 2 is 2.08 bits per heavy atom. The lowest BCUT2D eigenvalue weighted by Crippen LogP contribution is -1.72. The lowest BCUT2D eigenvalue weighted by atomic mass is 10.4. The van der Waals surface area contributed by atoms with E-state index < -0.39 is 0 Å². The maximum absolute atomic E-state index is 8.03. The SMILES string of the molecule is [N-]=[N+]=NCSc1ccc(Br)cc1. The molecule has 0 fully saturated rings. The van der Waals surface area contributed by atoms with Crippen molar-refractivity contribution in [3.05, 3.63) is 39.2 Å². The average Bonchev–Trinajstić information content (AvgIpc) is 2.09. The minimum Gasteiger partial charge on any atom is -0.120 e. The summed E-state index contributed by atoms with van der Waals surface area (Å²) in [5.41, 5.74) is 8.03. The quantitative estimate of drug-likeness (QED) is 0.345. The predicted molar refractivity (Wildman–Crippen MR) is 54.0 cm³/mol. The van der Waals surface area contributed by atoms with Gasteiger partial charge in [-0.15, -0.1) is 11.8 Å². The number of thioether (sulfide) groups is 1. The molecule has 0 bridgehead atoms. The van der Waals surface area contributed by atoms with Gasteiger partial charge in [0.05, 0.1) is 5.88 Å². The van der Waals surface area contributed by atoms with Gasteiger partial charge in [-0.2, -0.15) is 0 Å². The molecule has 0 N–H and O–H groups in total. The Labute approximate surface area is 82.9 Å². The van der Waals surface area contributed by atoms with Crippen LogP contribution in [0.2, 0.25) is 0 Å². The van der Waals surface area contributed by atoms with Crippen LogP contribution in [0.15, 0.2) is 38.7 Å². The first kappa shape index (κ1) is 9.45. The van der Waals surface area contributed by atoms with E-state index in [1.807, 2.05) is 24.3 Å². The molecular weight excluding hydrogens is 238 g/mol. The van der Waals surface area contributed by atoms with Gasteiger partial charge in [-0.05, 0) is 29.8 Å². The first-order valence-electron chi connectivity index (χ1n) is 3.22. The molecular formula is C7H6BrN3S. The first-order chi connectivity index (χ1) is 5.83. The molecule has 1 rings (SSSR count). The first-order valence-corrected chi connectivity index (χ1v) is 5.00. The van der Waals surface area contributed by atoms with Gasteiger partial charge in [0.25, 0.3) is 0 Å². The Morgan fingerprint density at radius 3 is 2.67 bits per heavy atom. The number of halogens is 1. The normalized spacial score (nSPS) is 9.08. The highest BCUT2D eigenvalue weighted by Crippen LogP contribution is 2.20. The third-order valence-corrected chi connectivity index (χ3v) is 2.54. The molecule has 0 aliphatic heterocycles. The summed E-state index contributed by atoms with van der Waals surface area (Å²) in [6.07, 6.45) is 0. The van der Waals surface area contributed by atoms with E-state index in [4.69, 9.17) is 5.53 Å². The standard InChI is InChI=1S/C7H6BrN3S/c8-6-1-3-7(4-2-6)12-5-10-11-9/h1-4H,5H2. The van der Waals surface area contributed by atoms with Crippen molar-refractivity contribution in [1.29, 1.82) is 0 Å². The van der Waals surface area contributed by atoms with Crippen LogP contribution in [0.25, 0.3) is 10.4 Å². The topological polar surface area (TPSA) is 48.8 Å². The number of benzene rings is 1. The van der Waals surface area contributed by atoms with Crippen molar-refractivity contribution < 1.29 is 0 Å². The molecule has 12 heavy (non-hydrogen) atoms. The molecule has 0 aliphatic carbocycles. The Morgan fingerprint density at radius 1 is 1.42 bits per heavy atom. The van der Waals surface area contributed by atoms with Crippen LogP contribution in [-0.2, 0) is 0 Å². The van der Waals surface area contributed by atoms with Gasteiger partial charge in [-0.25, -0.2) is 0 Å². The van der Waals surface area contributed by atoms with E-state index in [9.17, 15) is 0 Å². The van der Waals surface area contributed by atoms with Crippen LogP contribution in [-0.4, -0.2) is 5.88 Å². The molecule has 1 aromatic carbocycles. The Hall–Kier alpha value is -0.640. The zero-order valence-electron chi connectivity index (χ0n) is 6.14. The highest BCUT2D eigenvalue weighted by Gasteiger charge is 1.91. The Balaban J connectivity index is 2.53. The van der Waals surface area contributed by atoms with Gasteiger partial charge in [0, 0.05) is 14.3 Å². The van der Waals surface area contributed by atoms with Gasteiger partial charge in [-0.3, -0.25) is 0 Å². The molecule has 62 valence electrons. The minimum absolute atomic E-state index is 0.443. The van der Waals surface area contributed by atoms with E-state index in [0.29, 0.717) is 5.88 Å². The minimum atomic E-state index is 0.443. The zero-order chi connectivity index (χ0) is 8.81. The summed E-state index contributed by atoms with van der Waals surface area (Å²) >= 11 is 4.85. The second-order valence-electron chi connectivity index (χ2n) is 1.96. The summed E-state index contributed by atoms with van der Waals surface area (Å²) < 4.78 is 1.05. The third kappa shape index (κ3) is 3.17. The van der Waals surface area contributed by atoms with E-state index in [-0.39, 0.29) is 0 Å². The maximum Gasteiger partial charge on any atom is 0.0768 e. The maximum atomic E-state index is 8.03. The van der Waals surface area contributed by atoms with Gasteiger partial charge in [0.15, 0.2) is 0 Å². The van der Waals surface area contributed by atoms with Gasteiger partial charge >= 0.3 is 0 Å². The molecule has 5 heteroatoms. The molecule has 0 radical (unpaired) electrons. The van der Waals surface area contributed by atoms with Crippen molar-refractivity contribution in [2.45, 2.75) is 4.90 Å². The van der Waals surface area contributed by atoms with Crippen LogP contribution in [0.1, 0.15) is 0 Å². The lowest BCUT2D eigenvalue weighted by molar-refractivity contribution is 1.32. The summed E-state index contributed by atoms with van der Waals surface area (Å²) in [6.45, 7) is 0.